The topological polar surface area (TPSA) is 21.3 Å². The number of hydrogen-bond acceptors (Lipinski definition) is 2. The van der Waals surface area contributed by atoms with E-state index in [1.54, 1.807) is 0 Å². The number of hydrogen-bond donors (Lipinski definition) is 1. The minimum atomic E-state index is 0.0977. The minimum absolute atomic E-state index is 0.0977. The third-order valence-corrected chi connectivity index (χ3v) is 3.01. The molecule has 17 heavy (non-hydrogen) atoms. The van der Waals surface area contributed by atoms with Gasteiger partial charge in [-0.2, -0.15) is 0 Å². The molecule has 1 atom stereocenters. The Morgan fingerprint density at radius 3 is 2.65 bits per heavy atom. The highest BCUT2D eigenvalue weighted by Gasteiger charge is 2.08. The molecule has 2 nitrogen and oxygen atoms in total. The van der Waals surface area contributed by atoms with E-state index in [0.29, 0.717) is 10.9 Å². The summed E-state index contributed by atoms with van der Waals surface area (Å²) in [5, 5.41) is 4.00. The van der Waals surface area contributed by atoms with Crippen LogP contribution in [0.4, 0.5) is 0 Å². The van der Waals surface area contributed by atoms with Crippen LogP contribution in [-0.4, -0.2) is 19.2 Å². The first kappa shape index (κ1) is 14.8. The summed E-state index contributed by atoms with van der Waals surface area (Å²) in [5.41, 5.74) is 0. The van der Waals surface area contributed by atoms with Gasteiger partial charge in [-0.3, -0.25) is 0 Å². The van der Waals surface area contributed by atoms with E-state index in [0.717, 1.165) is 23.3 Å². The van der Waals surface area contributed by atoms with E-state index < -0.39 is 0 Å². The molecule has 0 fully saturated rings. The normalized spacial score (nSPS) is 12.8. The Morgan fingerprint density at radius 1 is 1.29 bits per heavy atom. The lowest BCUT2D eigenvalue weighted by molar-refractivity contribution is 0.215. The summed E-state index contributed by atoms with van der Waals surface area (Å²) in [4.78, 5) is 0. The van der Waals surface area contributed by atoms with Crippen LogP contribution in [-0.2, 0) is 0 Å². The highest BCUT2D eigenvalue weighted by atomic mass is 79.9. The number of rotatable bonds is 6. The second-order valence-corrected chi connectivity index (χ2v) is 5.88. The fraction of sp³-hybridized carbons (Fsp3) is 0.538. The fourth-order valence-corrected chi connectivity index (χ4v) is 1.90. The van der Waals surface area contributed by atoms with Gasteiger partial charge in [0.25, 0.3) is 0 Å². The Bertz CT molecular complexity index is 357. The van der Waals surface area contributed by atoms with Crippen LogP contribution in [0.15, 0.2) is 22.7 Å². The third kappa shape index (κ3) is 5.75. The summed E-state index contributed by atoms with van der Waals surface area (Å²) in [5.74, 6) is 1.37. The summed E-state index contributed by atoms with van der Waals surface area (Å²) in [7, 11) is 0. The maximum Gasteiger partial charge on any atom is 0.139 e. The first-order chi connectivity index (χ1) is 7.99. The zero-order chi connectivity index (χ0) is 12.8. The molecule has 0 aromatic heterocycles. The zero-order valence-corrected chi connectivity index (χ0v) is 12.8. The lowest BCUT2D eigenvalue weighted by atomic mass is 10.2. The number of benzene rings is 1. The first-order valence-corrected chi connectivity index (χ1v) is 6.98. The fourth-order valence-electron chi connectivity index (χ4n) is 1.40. The van der Waals surface area contributed by atoms with Crippen molar-refractivity contribution in [2.75, 3.05) is 13.1 Å². The maximum absolute atomic E-state index is 6.06. The molecule has 1 unspecified atom stereocenters. The average Bonchev–Trinajstić information content (AvgIpc) is 2.23. The van der Waals surface area contributed by atoms with Crippen LogP contribution in [0.5, 0.6) is 5.75 Å². The molecule has 0 saturated heterocycles. The summed E-state index contributed by atoms with van der Waals surface area (Å²) < 4.78 is 6.75. The van der Waals surface area contributed by atoms with Crippen molar-refractivity contribution in [1.29, 1.82) is 0 Å². The van der Waals surface area contributed by atoms with Crippen LogP contribution in [0.2, 0.25) is 5.02 Å². The Hall–Kier alpha value is -0.250. The Labute approximate surface area is 117 Å². The lowest BCUT2D eigenvalue weighted by Crippen LogP contribution is -2.31. The standard InChI is InChI=1S/C13H19BrClNO/c1-9(2)7-16-8-10(3)17-13-6-11(14)4-5-12(13)15/h4-6,9-10,16H,7-8H2,1-3H3. The van der Waals surface area contributed by atoms with Gasteiger partial charge in [-0.05, 0) is 37.6 Å². The number of halogens is 2. The van der Waals surface area contributed by atoms with Crippen LogP contribution < -0.4 is 10.1 Å². The van der Waals surface area contributed by atoms with E-state index >= 15 is 0 Å². The summed E-state index contributed by atoms with van der Waals surface area (Å²) in [6, 6.07) is 5.62. The summed E-state index contributed by atoms with van der Waals surface area (Å²) in [6.07, 6.45) is 0.0977. The molecular formula is C13H19BrClNO. The Balaban J connectivity index is 2.44. The van der Waals surface area contributed by atoms with Crippen molar-refractivity contribution in [2.45, 2.75) is 26.9 Å². The van der Waals surface area contributed by atoms with E-state index in [9.17, 15) is 0 Å². The highest BCUT2D eigenvalue weighted by Crippen LogP contribution is 2.28. The molecule has 1 aromatic rings. The molecule has 1 aromatic carbocycles. The molecular weight excluding hydrogens is 302 g/mol. The molecule has 0 aliphatic heterocycles. The molecule has 96 valence electrons. The second kappa shape index (κ2) is 7.24. The van der Waals surface area contributed by atoms with Gasteiger partial charge in [-0.1, -0.05) is 41.4 Å². The van der Waals surface area contributed by atoms with Crippen molar-refractivity contribution >= 4 is 27.5 Å². The molecule has 0 aliphatic carbocycles. The minimum Gasteiger partial charge on any atom is -0.488 e. The van der Waals surface area contributed by atoms with Gasteiger partial charge in [0.2, 0.25) is 0 Å². The lowest BCUT2D eigenvalue weighted by Gasteiger charge is -2.17. The van der Waals surface area contributed by atoms with E-state index in [1.807, 2.05) is 25.1 Å². The first-order valence-electron chi connectivity index (χ1n) is 5.81. The smallest absolute Gasteiger partial charge is 0.139 e. The zero-order valence-electron chi connectivity index (χ0n) is 10.5. The largest absolute Gasteiger partial charge is 0.488 e. The number of nitrogens with one attached hydrogen (secondary N) is 1. The van der Waals surface area contributed by atoms with E-state index in [2.05, 4.69) is 35.1 Å². The third-order valence-electron chi connectivity index (χ3n) is 2.21. The SMILES string of the molecule is CC(C)CNCC(C)Oc1cc(Br)ccc1Cl. The van der Waals surface area contributed by atoms with Crippen LogP contribution in [0.1, 0.15) is 20.8 Å². The molecule has 0 amide bonds. The van der Waals surface area contributed by atoms with Crippen LogP contribution in [0, 0.1) is 5.92 Å². The quantitative estimate of drug-likeness (QED) is 0.851. The van der Waals surface area contributed by atoms with Crippen molar-refractivity contribution in [3.8, 4) is 5.75 Å². The molecule has 0 spiro atoms. The summed E-state index contributed by atoms with van der Waals surface area (Å²) in [6.45, 7) is 8.22. The highest BCUT2D eigenvalue weighted by molar-refractivity contribution is 9.10. The number of ether oxygens (including phenoxy) is 1. The van der Waals surface area contributed by atoms with E-state index in [1.165, 1.54) is 0 Å². The molecule has 0 heterocycles. The van der Waals surface area contributed by atoms with Crippen LogP contribution in [0.3, 0.4) is 0 Å². The molecule has 0 aliphatic rings. The van der Waals surface area contributed by atoms with Crippen LogP contribution in [0.25, 0.3) is 0 Å². The predicted molar refractivity (Wildman–Crippen MR) is 76.9 cm³/mol. The molecule has 4 heteroatoms. The van der Waals surface area contributed by atoms with Crippen molar-refractivity contribution in [1.82, 2.24) is 5.32 Å². The molecule has 0 bridgehead atoms. The van der Waals surface area contributed by atoms with Gasteiger partial charge in [-0.25, -0.2) is 0 Å². The molecule has 1 rings (SSSR count). The molecule has 1 N–H and O–H groups in total. The van der Waals surface area contributed by atoms with Gasteiger partial charge >= 0.3 is 0 Å². The Morgan fingerprint density at radius 2 is 2.00 bits per heavy atom. The van der Waals surface area contributed by atoms with Gasteiger partial charge in [0.05, 0.1) is 5.02 Å². The van der Waals surface area contributed by atoms with Gasteiger partial charge < -0.3 is 10.1 Å². The Kier molecular flexibility index (Phi) is 6.31. The van der Waals surface area contributed by atoms with Crippen molar-refractivity contribution in [3.63, 3.8) is 0 Å². The van der Waals surface area contributed by atoms with Gasteiger partial charge in [0.15, 0.2) is 0 Å². The van der Waals surface area contributed by atoms with E-state index in [4.69, 9.17) is 16.3 Å². The van der Waals surface area contributed by atoms with E-state index in [-0.39, 0.29) is 6.10 Å². The molecule has 0 radical (unpaired) electrons. The summed E-state index contributed by atoms with van der Waals surface area (Å²) >= 11 is 9.46. The predicted octanol–water partition coefficient (Wildman–Crippen LogP) is 4.12. The molecule has 0 saturated carbocycles. The maximum atomic E-state index is 6.06. The van der Waals surface area contributed by atoms with Crippen molar-refractivity contribution in [2.24, 2.45) is 5.92 Å². The van der Waals surface area contributed by atoms with Crippen molar-refractivity contribution in [3.05, 3.63) is 27.7 Å². The van der Waals surface area contributed by atoms with Gasteiger partial charge in [0, 0.05) is 11.0 Å². The second-order valence-electron chi connectivity index (χ2n) is 4.56. The van der Waals surface area contributed by atoms with Crippen molar-refractivity contribution < 1.29 is 4.74 Å². The van der Waals surface area contributed by atoms with Crippen LogP contribution >= 0.6 is 27.5 Å². The average molecular weight is 321 g/mol. The van der Waals surface area contributed by atoms with Gasteiger partial charge in [-0.15, -0.1) is 0 Å². The monoisotopic (exact) mass is 319 g/mol. The van der Waals surface area contributed by atoms with Gasteiger partial charge in [0.1, 0.15) is 11.9 Å².